The highest BCUT2D eigenvalue weighted by molar-refractivity contribution is 7.10. The van der Waals surface area contributed by atoms with Crippen LogP contribution in [-0.2, 0) is 5.41 Å². The van der Waals surface area contributed by atoms with E-state index in [9.17, 15) is 8.78 Å². The number of halogens is 2. The molecule has 78 valence electrons. The molecule has 0 aliphatic heterocycles. The van der Waals surface area contributed by atoms with Crippen molar-refractivity contribution in [2.45, 2.75) is 31.1 Å². The summed E-state index contributed by atoms with van der Waals surface area (Å²) in [6.45, 7) is 2.13. The van der Waals surface area contributed by atoms with Crippen molar-refractivity contribution in [3.63, 3.8) is 0 Å². The van der Waals surface area contributed by atoms with Crippen LogP contribution in [0.15, 0.2) is 5.51 Å². The number of aromatic nitrogens is 1. The Morgan fingerprint density at radius 3 is 2.57 bits per heavy atom. The zero-order valence-electron chi connectivity index (χ0n) is 7.89. The van der Waals surface area contributed by atoms with Crippen LogP contribution in [0.4, 0.5) is 8.78 Å². The van der Waals surface area contributed by atoms with E-state index in [0.717, 1.165) is 10.6 Å². The molecule has 5 heteroatoms. The van der Waals surface area contributed by atoms with Crippen LogP contribution in [0.3, 0.4) is 0 Å². The minimum atomic E-state index is -2.53. The summed E-state index contributed by atoms with van der Waals surface area (Å²) in [4.78, 5) is 5.01. The van der Waals surface area contributed by atoms with E-state index in [1.807, 2.05) is 6.92 Å². The SMILES string of the molecule is Cc1ncsc1C1(CN)CC(F)(F)C1. The zero-order chi connectivity index (χ0) is 10.4. The van der Waals surface area contributed by atoms with Crippen molar-refractivity contribution in [1.82, 2.24) is 4.98 Å². The summed E-state index contributed by atoms with van der Waals surface area (Å²) < 4.78 is 25.7. The second kappa shape index (κ2) is 2.97. The molecule has 1 aromatic heterocycles. The van der Waals surface area contributed by atoms with Crippen LogP contribution >= 0.6 is 11.3 Å². The van der Waals surface area contributed by atoms with Gasteiger partial charge in [-0.2, -0.15) is 0 Å². The fraction of sp³-hybridized carbons (Fsp3) is 0.667. The number of aryl methyl sites for hydroxylation is 1. The summed E-state index contributed by atoms with van der Waals surface area (Å²) in [7, 11) is 0. The van der Waals surface area contributed by atoms with Crippen LogP contribution in [0.1, 0.15) is 23.4 Å². The van der Waals surface area contributed by atoms with Gasteiger partial charge in [-0.25, -0.2) is 13.8 Å². The molecule has 1 fully saturated rings. The third-order valence-corrected chi connectivity index (χ3v) is 3.99. The number of rotatable bonds is 2. The standard InChI is InChI=1S/C9H12F2N2S/c1-6-7(14-5-13-6)8(4-12)2-9(10,11)3-8/h5H,2-4,12H2,1H3. The molecular formula is C9H12F2N2S. The van der Waals surface area contributed by atoms with Crippen molar-refractivity contribution in [3.05, 3.63) is 16.1 Å². The Bertz CT molecular complexity index is 340. The van der Waals surface area contributed by atoms with Crippen LogP contribution < -0.4 is 5.73 Å². The van der Waals surface area contributed by atoms with Gasteiger partial charge in [0.05, 0.1) is 11.2 Å². The molecule has 0 spiro atoms. The van der Waals surface area contributed by atoms with Crippen molar-refractivity contribution >= 4 is 11.3 Å². The van der Waals surface area contributed by atoms with Crippen molar-refractivity contribution in [2.75, 3.05) is 6.54 Å². The number of nitrogens with zero attached hydrogens (tertiary/aromatic N) is 1. The summed E-state index contributed by atoms with van der Waals surface area (Å²) >= 11 is 1.43. The van der Waals surface area contributed by atoms with Crippen molar-refractivity contribution < 1.29 is 8.78 Å². The van der Waals surface area contributed by atoms with Gasteiger partial charge < -0.3 is 5.73 Å². The quantitative estimate of drug-likeness (QED) is 0.825. The molecule has 14 heavy (non-hydrogen) atoms. The van der Waals surface area contributed by atoms with E-state index < -0.39 is 11.3 Å². The van der Waals surface area contributed by atoms with Gasteiger partial charge >= 0.3 is 0 Å². The first-order valence-corrected chi connectivity index (χ1v) is 5.36. The molecule has 1 aromatic rings. The van der Waals surface area contributed by atoms with Crippen molar-refractivity contribution in [2.24, 2.45) is 5.73 Å². The number of nitrogens with two attached hydrogens (primary N) is 1. The van der Waals surface area contributed by atoms with E-state index in [4.69, 9.17) is 5.73 Å². The smallest absolute Gasteiger partial charge is 0.250 e. The maximum atomic E-state index is 12.9. The summed E-state index contributed by atoms with van der Waals surface area (Å²) in [5.41, 5.74) is 7.63. The molecule has 2 nitrogen and oxygen atoms in total. The van der Waals surface area contributed by atoms with Crippen molar-refractivity contribution in [3.8, 4) is 0 Å². The minimum Gasteiger partial charge on any atom is -0.330 e. The van der Waals surface area contributed by atoms with Crippen molar-refractivity contribution in [1.29, 1.82) is 0 Å². The third kappa shape index (κ3) is 1.35. The lowest BCUT2D eigenvalue weighted by Crippen LogP contribution is -2.53. The number of thiazole rings is 1. The molecule has 1 saturated carbocycles. The van der Waals surface area contributed by atoms with E-state index in [2.05, 4.69) is 4.98 Å². The molecule has 0 amide bonds. The molecule has 0 atom stereocenters. The first kappa shape index (κ1) is 9.98. The van der Waals surface area contributed by atoms with E-state index in [1.54, 1.807) is 5.51 Å². The van der Waals surface area contributed by atoms with Gasteiger partial charge in [0, 0.05) is 29.7 Å². The van der Waals surface area contributed by atoms with Crippen LogP contribution in [0.2, 0.25) is 0 Å². The maximum absolute atomic E-state index is 12.9. The molecule has 0 aromatic carbocycles. The van der Waals surface area contributed by atoms with E-state index in [-0.39, 0.29) is 19.4 Å². The summed E-state index contributed by atoms with van der Waals surface area (Å²) in [6, 6.07) is 0. The normalized spacial score (nSPS) is 23.1. The summed E-state index contributed by atoms with van der Waals surface area (Å²) in [5, 5.41) is 0. The minimum absolute atomic E-state index is 0.125. The summed E-state index contributed by atoms with van der Waals surface area (Å²) in [6.07, 6.45) is -0.251. The van der Waals surface area contributed by atoms with E-state index in [0.29, 0.717) is 0 Å². The molecule has 1 aliphatic carbocycles. The Hall–Kier alpha value is -0.550. The Labute approximate surface area is 85.1 Å². The molecule has 0 saturated heterocycles. The lowest BCUT2D eigenvalue weighted by atomic mass is 9.65. The fourth-order valence-corrected chi connectivity index (χ4v) is 3.16. The second-order valence-corrected chi connectivity index (χ2v) is 4.82. The topological polar surface area (TPSA) is 38.9 Å². The average molecular weight is 218 g/mol. The van der Waals surface area contributed by atoms with Gasteiger partial charge in [0.2, 0.25) is 5.92 Å². The molecule has 0 radical (unpaired) electrons. The number of hydrogen-bond donors (Lipinski definition) is 1. The molecule has 1 heterocycles. The lowest BCUT2D eigenvalue weighted by Gasteiger charge is -2.46. The predicted molar refractivity (Wildman–Crippen MR) is 51.8 cm³/mol. The number of hydrogen-bond acceptors (Lipinski definition) is 3. The maximum Gasteiger partial charge on any atom is 0.250 e. The van der Waals surface area contributed by atoms with Gasteiger partial charge in [0.25, 0.3) is 0 Å². The van der Waals surface area contributed by atoms with Gasteiger partial charge in [-0.15, -0.1) is 11.3 Å². The molecule has 2 rings (SSSR count). The first-order chi connectivity index (χ1) is 6.49. The second-order valence-electron chi connectivity index (χ2n) is 3.96. The Kier molecular flexibility index (Phi) is 2.12. The van der Waals surface area contributed by atoms with Crippen LogP contribution in [0.5, 0.6) is 0 Å². The highest BCUT2D eigenvalue weighted by Crippen LogP contribution is 2.54. The third-order valence-electron chi connectivity index (χ3n) is 2.81. The zero-order valence-corrected chi connectivity index (χ0v) is 8.70. The Morgan fingerprint density at radius 2 is 2.21 bits per heavy atom. The van der Waals surface area contributed by atoms with Crippen LogP contribution in [0.25, 0.3) is 0 Å². The molecular weight excluding hydrogens is 206 g/mol. The van der Waals surface area contributed by atoms with E-state index >= 15 is 0 Å². The van der Waals surface area contributed by atoms with Gasteiger partial charge in [-0.1, -0.05) is 0 Å². The largest absolute Gasteiger partial charge is 0.330 e. The van der Waals surface area contributed by atoms with Crippen LogP contribution in [-0.4, -0.2) is 17.5 Å². The van der Waals surface area contributed by atoms with E-state index in [1.165, 1.54) is 11.3 Å². The predicted octanol–water partition coefficient (Wildman–Crippen LogP) is 2.08. The average Bonchev–Trinajstić information content (AvgIpc) is 2.46. The summed E-state index contributed by atoms with van der Waals surface area (Å²) in [5.74, 6) is -2.53. The van der Waals surface area contributed by atoms with Crippen LogP contribution in [0, 0.1) is 6.92 Å². The first-order valence-electron chi connectivity index (χ1n) is 4.48. The molecule has 1 aliphatic rings. The van der Waals surface area contributed by atoms with Gasteiger partial charge in [0.15, 0.2) is 0 Å². The molecule has 2 N–H and O–H groups in total. The highest BCUT2D eigenvalue weighted by Gasteiger charge is 2.57. The fourth-order valence-electron chi connectivity index (χ4n) is 2.15. The number of alkyl halides is 2. The lowest BCUT2D eigenvalue weighted by molar-refractivity contribution is -0.122. The van der Waals surface area contributed by atoms with Gasteiger partial charge in [-0.3, -0.25) is 0 Å². The monoisotopic (exact) mass is 218 g/mol. The van der Waals surface area contributed by atoms with Gasteiger partial charge in [-0.05, 0) is 6.92 Å². The Balaban J connectivity index is 2.29. The molecule has 0 unspecified atom stereocenters. The van der Waals surface area contributed by atoms with Gasteiger partial charge in [0.1, 0.15) is 0 Å². The highest BCUT2D eigenvalue weighted by atomic mass is 32.1. The Morgan fingerprint density at radius 1 is 1.57 bits per heavy atom. The molecule has 0 bridgehead atoms.